The maximum Gasteiger partial charge on any atom is 0.245 e. The van der Waals surface area contributed by atoms with Crippen molar-refractivity contribution < 1.29 is 17.9 Å². The van der Waals surface area contributed by atoms with E-state index >= 15 is 0 Å². The van der Waals surface area contributed by atoms with Gasteiger partial charge in [0.05, 0.1) is 19.5 Å². The molecule has 0 aliphatic heterocycles. The number of hydrogen-bond donors (Lipinski definition) is 1. The summed E-state index contributed by atoms with van der Waals surface area (Å²) in [4.78, 5) is 21.3. The van der Waals surface area contributed by atoms with Gasteiger partial charge in [-0.1, -0.05) is 13.0 Å². The van der Waals surface area contributed by atoms with Crippen molar-refractivity contribution in [1.82, 2.24) is 39.7 Å². The average Bonchev–Trinajstić information content (AvgIpc) is 3.29. The van der Waals surface area contributed by atoms with E-state index in [1.54, 1.807) is 48.3 Å². The molecule has 14 heteroatoms. The summed E-state index contributed by atoms with van der Waals surface area (Å²) in [5.41, 5.74) is 1.61. The van der Waals surface area contributed by atoms with Crippen LogP contribution in [0, 0.1) is 6.92 Å². The number of methoxy groups -OCH3 is 2. The largest absolute Gasteiger partial charge is 0.479 e. The Bertz CT molecular complexity index is 1420. The molecule has 0 bridgehead atoms. The summed E-state index contributed by atoms with van der Waals surface area (Å²) in [5.74, 6) is 0.586. The molecule has 0 aromatic carbocycles. The van der Waals surface area contributed by atoms with Crippen molar-refractivity contribution >= 4 is 10.0 Å². The van der Waals surface area contributed by atoms with E-state index in [1.165, 1.54) is 20.5 Å². The van der Waals surface area contributed by atoms with E-state index in [0.717, 1.165) is 5.56 Å². The summed E-state index contributed by atoms with van der Waals surface area (Å²) >= 11 is 0. The van der Waals surface area contributed by atoms with Crippen molar-refractivity contribution in [2.24, 2.45) is 5.14 Å². The Balaban J connectivity index is 1.90. The van der Waals surface area contributed by atoms with Crippen LogP contribution in [0.3, 0.4) is 0 Å². The van der Waals surface area contributed by atoms with Gasteiger partial charge in [-0.3, -0.25) is 9.55 Å². The Kier molecular flexibility index (Phi) is 7.17. The van der Waals surface area contributed by atoms with Crippen LogP contribution in [0.1, 0.15) is 30.1 Å². The first-order chi connectivity index (χ1) is 17.2. The van der Waals surface area contributed by atoms with Crippen molar-refractivity contribution in [3.05, 3.63) is 60.3 Å². The summed E-state index contributed by atoms with van der Waals surface area (Å²) in [6, 6.07) is 5.30. The third-order valence-corrected chi connectivity index (χ3v) is 6.98. The summed E-state index contributed by atoms with van der Waals surface area (Å²) in [6.45, 7) is 3.54. The van der Waals surface area contributed by atoms with Crippen LogP contribution in [-0.2, 0) is 16.4 Å². The lowest BCUT2D eigenvalue weighted by atomic mass is 10.0. The Morgan fingerprint density at radius 1 is 1.00 bits per heavy atom. The van der Waals surface area contributed by atoms with E-state index in [-0.39, 0.29) is 29.7 Å². The van der Waals surface area contributed by atoms with Gasteiger partial charge in [-0.25, -0.2) is 23.5 Å². The van der Waals surface area contributed by atoms with E-state index < -0.39 is 21.2 Å². The van der Waals surface area contributed by atoms with Gasteiger partial charge in [0.1, 0.15) is 23.7 Å². The van der Waals surface area contributed by atoms with E-state index in [2.05, 4.69) is 35.1 Å². The first kappa shape index (κ1) is 25.1. The van der Waals surface area contributed by atoms with E-state index in [1.807, 2.05) is 6.92 Å². The number of hydrogen-bond acceptors (Lipinski definition) is 11. The quantitative estimate of drug-likeness (QED) is 0.342. The molecular weight excluding hydrogens is 486 g/mol. The van der Waals surface area contributed by atoms with Gasteiger partial charge in [0.2, 0.25) is 21.8 Å². The minimum atomic E-state index is -4.08. The fraction of sp³-hybridized carbons (Fsp3) is 0.318. The van der Waals surface area contributed by atoms with Gasteiger partial charge in [-0.05, 0) is 24.6 Å². The van der Waals surface area contributed by atoms with E-state index in [9.17, 15) is 8.42 Å². The lowest BCUT2D eigenvalue weighted by Crippen LogP contribution is -2.36. The number of aromatic nitrogens is 8. The highest BCUT2D eigenvalue weighted by Gasteiger charge is 2.34. The highest BCUT2D eigenvalue weighted by Crippen LogP contribution is 2.34. The fourth-order valence-corrected chi connectivity index (χ4v) is 4.82. The maximum absolute atomic E-state index is 12.8. The van der Waals surface area contributed by atoms with Crippen LogP contribution in [0.4, 0.5) is 0 Å². The molecule has 2 atom stereocenters. The molecule has 0 fully saturated rings. The summed E-state index contributed by atoms with van der Waals surface area (Å²) in [5, 5.41) is 13.2. The second-order valence-electron chi connectivity index (χ2n) is 7.97. The van der Waals surface area contributed by atoms with Crippen molar-refractivity contribution in [3.63, 3.8) is 0 Å². The van der Waals surface area contributed by atoms with Crippen molar-refractivity contribution in [1.29, 1.82) is 0 Å². The number of aryl methyl sites for hydroxylation is 1. The van der Waals surface area contributed by atoms with Gasteiger partial charge in [0.25, 0.3) is 0 Å². The average molecular weight is 512 g/mol. The van der Waals surface area contributed by atoms with Crippen LogP contribution in [0.15, 0.2) is 43.1 Å². The number of sulfonamides is 1. The molecule has 0 aliphatic carbocycles. The van der Waals surface area contributed by atoms with Crippen molar-refractivity contribution in [2.75, 3.05) is 14.2 Å². The third kappa shape index (κ3) is 4.99. The predicted molar refractivity (Wildman–Crippen MR) is 129 cm³/mol. The standard InChI is InChI=1S/C22H25N9O4S/c1-13-10-25-19(26-11-13)14(2)16(36(23,32)33)9-17-29-30-20(15-7-5-6-8-24-15)31(17)18-21(34-3)27-12-28-22(18)35-4/h5-8,10-12,14,16H,9H2,1-4H3,(H2,23,32,33). The number of ether oxygens (including phenoxy) is 2. The van der Waals surface area contributed by atoms with E-state index in [0.29, 0.717) is 17.3 Å². The number of nitrogens with two attached hydrogens (primary N) is 1. The third-order valence-electron chi connectivity index (χ3n) is 5.56. The van der Waals surface area contributed by atoms with Crippen LogP contribution in [0.25, 0.3) is 17.2 Å². The van der Waals surface area contributed by atoms with Crippen LogP contribution in [0.2, 0.25) is 0 Å². The molecule has 4 aromatic rings. The predicted octanol–water partition coefficient (Wildman–Crippen LogP) is 1.24. The van der Waals surface area contributed by atoms with Crippen LogP contribution >= 0.6 is 0 Å². The topological polar surface area (TPSA) is 174 Å². The molecule has 4 aromatic heterocycles. The molecule has 0 radical (unpaired) electrons. The summed E-state index contributed by atoms with van der Waals surface area (Å²) < 4.78 is 38.0. The lowest BCUT2D eigenvalue weighted by molar-refractivity contribution is 0.367. The first-order valence-electron chi connectivity index (χ1n) is 10.8. The Labute approximate surface area is 207 Å². The smallest absolute Gasteiger partial charge is 0.245 e. The molecule has 2 unspecified atom stereocenters. The molecule has 0 aliphatic rings. The zero-order valence-corrected chi connectivity index (χ0v) is 20.9. The number of pyridine rings is 1. The Hall–Kier alpha value is -4.04. The van der Waals surface area contributed by atoms with Gasteiger partial charge in [-0.2, -0.15) is 9.97 Å². The minimum absolute atomic E-state index is 0.127. The first-order valence-corrected chi connectivity index (χ1v) is 12.4. The zero-order valence-electron chi connectivity index (χ0n) is 20.1. The van der Waals surface area contributed by atoms with Gasteiger partial charge >= 0.3 is 0 Å². The zero-order chi connectivity index (χ0) is 25.9. The molecule has 0 spiro atoms. The molecule has 13 nitrogen and oxygen atoms in total. The Morgan fingerprint density at radius 2 is 1.67 bits per heavy atom. The molecule has 36 heavy (non-hydrogen) atoms. The highest BCUT2D eigenvalue weighted by molar-refractivity contribution is 7.89. The molecule has 4 heterocycles. The van der Waals surface area contributed by atoms with Crippen molar-refractivity contribution in [3.8, 4) is 29.0 Å². The number of primary sulfonamides is 1. The van der Waals surface area contributed by atoms with E-state index in [4.69, 9.17) is 14.6 Å². The van der Waals surface area contributed by atoms with Crippen LogP contribution in [-0.4, -0.2) is 67.6 Å². The van der Waals surface area contributed by atoms with Gasteiger partial charge in [0, 0.05) is 30.9 Å². The SMILES string of the molecule is COc1ncnc(OC)c1-n1c(CC(C(C)c2ncc(C)cn2)S(N)(=O)=O)nnc1-c1ccccn1. The van der Waals surface area contributed by atoms with Crippen molar-refractivity contribution in [2.45, 2.75) is 31.4 Å². The molecule has 188 valence electrons. The maximum atomic E-state index is 12.8. The summed E-state index contributed by atoms with van der Waals surface area (Å²) in [7, 11) is -1.19. The van der Waals surface area contributed by atoms with Gasteiger partial charge in [-0.15, -0.1) is 10.2 Å². The monoisotopic (exact) mass is 511 g/mol. The highest BCUT2D eigenvalue weighted by atomic mass is 32.2. The molecular formula is C22H25N9O4S. The number of rotatable bonds is 9. The normalized spacial score (nSPS) is 13.2. The second kappa shape index (κ2) is 10.3. The minimum Gasteiger partial charge on any atom is -0.479 e. The second-order valence-corrected chi connectivity index (χ2v) is 9.75. The molecule has 0 amide bonds. The molecule has 2 N–H and O–H groups in total. The van der Waals surface area contributed by atoms with Crippen LogP contribution in [0.5, 0.6) is 11.8 Å². The van der Waals surface area contributed by atoms with Gasteiger partial charge in [0.15, 0.2) is 11.5 Å². The van der Waals surface area contributed by atoms with Crippen LogP contribution < -0.4 is 14.6 Å². The molecule has 0 saturated heterocycles. The van der Waals surface area contributed by atoms with Gasteiger partial charge < -0.3 is 9.47 Å². The summed E-state index contributed by atoms with van der Waals surface area (Å²) in [6.07, 6.45) is 6.01. The number of nitrogens with zero attached hydrogens (tertiary/aromatic N) is 8. The fourth-order valence-electron chi connectivity index (χ4n) is 3.74. The molecule has 0 saturated carbocycles. The Morgan fingerprint density at radius 3 is 2.22 bits per heavy atom. The molecule has 4 rings (SSSR count). The lowest BCUT2D eigenvalue weighted by Gasteiger charge is -2.22.